The van der Waals surface area contributed by atoms with Crippen LogP contribution in [0.25, 0.3) is 0 Å². The quantitative estimate of drug-likeness (QED) is 0.716. The first kappa shape index (κ1) is 20.0. The molecular formula is C16H22N4O5S. The molecule has 142 valence electrons. The van der Waals surface area contributed by atoms with Gasteiger partial charge in [-0.3, -0.25) is 14.3 Å². The summed E-state index contributed by atoms with van der Waals surface area (Å²) in [7, 11) is -1.75. The van der Waals surface area contributed by atoms with Crippen molar-refractivity contribution in [2.24, 2.45) is 14.1 Å². The Morgan fingerprint density at radius 3 is 2.42 bits per heavy atom. The molecule has 0 saturated carbocycles. The predicted octanol–water partition coefficient (Wildman–Crippen LogP) is -0.559. The zero-order valence-corrected chi connectivity index (χ0v) is 15.9. The minimum Gasteiger partial charge on any atom is -0.394 e. The molecule has 0 radical (unpaired) electrons. The van der Waals surface area contributed by atoms with E-state index in [9.17, 15) is 23.1 Å². The van der Waals surface area contributed by atoms with Crippen LogP contribution in [0.5, 0.6) is 0 Å². The second kappa shape index (κ2) is 7.14. The summed E-state index contributed by atoms with van der Waals surface area (Å²) >= 11 is 0. The molecule has 0 saturated heterocycles. The summed E-state index contributed by atoms with van der Waals surface area (Å²) in [6.07, 6.45) is 2.52. The van der Waals surface area contributed by atoms with Gasteiger partial charge in [0.1, 0.15) is 0 Å². The molecule has 2 heterocycles. The van der Waals surface area contributed by atoms with Crippen LogP contribution in [0.2, 0.25) is 0 Å². The van der Waals surface area contributed by atoms with Gasteiger partial charge in [-0.15, -0.1) is 0 Å². The summed E-state index contributed by atoms with van der Waals surface area (Å²) in [6.45, 7) is 2.48. The summed E-state index contributed by atoms with van der Waals surface area (Å²) in [5.41, 5.74) is -2.30. The van der Waals surface area contributed by atoms with Crippen molar-refractivity contribution in [1.29, 1.82) is 0 Å². The maximum atomic E-state index is 13.2. The molecule has 2 aromatic heterocycles. The van der Waals surface area contributed by atoms with E-state index in [4.69, 9.17) is 0 Å². The predicted molar refractivity (Wildman–Crippen MR) is 95.1 cm³/mol. The van der Waals surface area contributed by atoms with Gasteiger partial charge in [0.05, 0.1) is 24.4 Å². The first-order valence-electron chi connectivity index (χ1n) is 7.82. The molecule has 0 unspecified atom stereocenters. The van der Waals surface area contributed by atoms with Gasteiger partial charge < -0.3 is 9.67 Å². The maximum Gasteiger partial charge on any atom is 0.330 e. The average molecular weight is 382 g/mol. The zero-order chi connectivity index (χ0) is 19.7. The molecule has 0 aliphatic rings. The third-order valence-corrected chi connectivity index (χ3v) is 6.12. The van der Waals surface area contributed by atoms with E-state index in [1.165, 1.54) is 20.3 Å². The van der Waals surface area contributed by atoms with Crippen molar-refractivity contribution >= 4 is 10.0 Å². The fraction of sp³-hybridized carbons (Fsp3) is 0.438. The van der Waals surface area contributed by atoms with Crippen LogP contribution in [-0.2, 0) is 30.7 Å². The molecule has 0 atom stereocenters. The fourth-order valence-electron chi connectivity index (χ4n) is 2.41. The van der Waals surface area contributed by atoms with Crippen molar-refractivity contribution in [2.75, 3.05) is 6.61 Å². The van der Waals surface area contributed by atoms with Gasteiger partial charge in [-0.1, -0.05) is 6.07 Å². The summed E-state index contributed by atoms with van der Waals surface area (Å²) in [5.74, 6) is 0. The van der Waals surface area contributed by atoms with E-state index in [-0.39, 0.29) is 6.54 Å². The van der Waals surface area contributed by atoms with Gasteiger partial charge in [0.25, 0.3) is 15.6 Å². The second-order valence-corrected chi connectivity index (χ2v) is 8.39. The Hall–Kier alpha value is -2.30. The van der Waals surface area contributed by atoms with Crippen molar-refractivity contribution in [3.63, 3.8) is 0 Å². The van der Waals surface area contributed by atoms with Crippen LogP contribution in [0.1, 0.15) is 19.5 Å². The number of aromatic nitrogens is 3. The topological polar surface area (TPSA) is 114 Å². The van der Waals surface area contributed by atoms with Crippen LogP contribution in [0.15, 0.2) is 45.1 Å². The molecule has 0 fully saturated rings. The highest BCUT2D eigenvalue weighted by molar-refractivity contribution is 7.89. The SMILES string of the molecule is Cn1cc(S(=O)(=O)N(Cc2ccccn2)C(C)(C)CO)c(=O)n(C)c1=O. The molecule has 1 N–H and O–H groups in total. The third kappa shape index (κ3) is 3.62. The van der Waals surface area contributed by atoms with Crippen LogP contribution in [0.4, 0.5) is 0 Å². The number of hydrogen-bond acceptors (Lipinski definition) is 6. The van der Waals surface area contributed by atoms with E-state index in [1.54, 1.807) is 32.0 Å². The van der Waals surface area contributed by atoms with Crippen molar-refractivity contribution in [1.82, 2.24) is 18.4 Å². The van der Waals surface area contributed by atoms with Crippen LogP contribution in [0.3, 0.4) is 0 Å². The molecule has 0 aliphatic heterocycles. The van der Waals surface area contributed by atoms with Crippen molar-refractivity contribution in [3.8, 4) is 0 Å². The molecule has 0 bridgehead atoms. The van der Waals surface area contributed by atoms with Gasteiger partial charge in [-0.05, 0) is 26.0 Å². The van der Waals surface area contributed by atoms with Crippen molar-refractivity contribution < 1.29 is 13.5 Å². The summed E-state index contributed by atoms with van der Waals surface area (Å²) in [4.78, 5) is 27.9. The first-order chi connectivity index (χ1) is 12.0. The van der Waals surface area contributed by atoms with Gasteiger partial charge in [0, 0.05) is 26.5 Å². The van der Waals surface area contributed by atoms with E-state index in [2.05, 4.69) is 4.98 Å². The standard InChI is InChI=1S/C16H22N4O5S/c1-16(2,11-21)20(9-12-7-5-6-8-17-12)26(24,25)13-10-18(3)15(23)19(4)14(13)22/h5-8,10,21H,9,11H2,1-4H3. The van der Waals surface area contributed by atoms with Gasteiger partial charge in [0.2, 0.25) is 0 Å². The normalized spacial score (nSPS) is 12.5. The third-order valence-electron chi connectivity index (χ3n) is 4.08. The van der Waals surface area contributed by atoms with Crippen LogP contribution < -0.4 is 11.2 Å². The molecule has 0 aromatic carbocycles. The van der Waals surface area contributed by atoms with Crippen LogP contribution in [-0.4, -0.2) is 44.1 Å². The molecule has 10 heteroatoms. The summed E-state index contributed by atoms with van der Waals surface area (Å²) in [6, 6.07) is 5.06. The number of hydrogen-bond donors (Lipinski definition) is 1. The highest BCUT2D eigenvalue weighted by Gasteiger charge is 2.39. The minimum atomic E-state index is -4.32. The molecule has 2 rings (SSSR count). The van der Waals surface area contributed by atoms with E-state index < -0.39 is 38.3 Å². The highest BCUT2D eigenvalue weighted by Crippen LogP contribution is 2.24. The first-order valence-corrected chi connectivity index (χ1v) is 9.26. The molecule has 0 spiro atoms. The number of aliphatic hydroxyl groups is 1. The summed E-state index contributed by atoms with van der Waals surface area (Å²) < 4.78 is 29.3. The number of pyridine rings is 1. The van der Waals surface area contributed by atoms with E-state index >= 15 is 0 Å². The lowest BCUT2D eigenvalue weighted by molar-refractivity contribution is 0.116. The van der Waals surface area contributed by atoms with Crippen LogP contribution in [0, 0.1) is 0 Å². The Balaban J connectivity index is 2.68. The highest BCUT2D eigenvalue weighted by atomic mass is 32.2. The van der Waals surface area contributed by atoms with E-state index in [1.807, 2.05) is 0 Å². The Morgan fingerprint density at radius 2 is 1.88 bits per heavy atom. The fourth-order valence-corrected chi connectivity index (χ4v) is 4.31. The smallest absolute Gasteiger partial charge is 0.330 e. The zero-order valence-electron chi connectivity index (χ0n) is 15.1. The Kier molecular flexibility index (Phi) is 5.49. The van der Waals surface area contributed by atoms with Gasteiger partial charge in [-0.2, -0.15) is 4.31 Å². The van der Waals surface area contributed by atoms with Crippen molar-refractivity contribution in [2.45, 2.75) is 30.8 Å². The van der Waals surface area contributed by atoms with Gasteiger partial charge >= 0.3 is 5.69 Å². The Bertz CT molecular complexity index is 1010. The molecular weight excluding hydrogens is 360 g/mol. The van der Waals surface area contributed by atoms with E-state index in [0.717, 1.165) is 19.6 Å². The Labute approximate surface area is 151 Å². The van der Waals surface area contributed by atoms with E-state index in [0.29, 0.717) is 5.69 Å². The maximum absolute atomic E-state index is 13.2. The second-order valence-electron chi connectivity index (χ2n) is 6.55. The minimum absolute atomic E-state index is 0.136. The molecule has 2 aromatic rings. The molecule has 0 aliphatic carbocycles. The number of rotatable bonds is 6. The molecule has 0 amide bonds. The average Bonchev–Trinajstić information content (AvgIpc) is 2.61. The Morgan fingerprint density at radius 1 is 1.23 bits per heavy atom. The lowest BCUT2D eigenvalue weighted by atomic mass is 10.1. The molecule has 26 heavy (non-hydrogen) atoms. The number of nitrogens with zero attached hydrogens (tertiary/aromatic N) is 4. The molecule has 9 nitrogen and oxygen atoms in total. The monoisotopic (exact) mass is 382 g/mol. The number of sulfonamides is 1. The summed E-state index contributed by atoms with van der Waals surface area (Å²) in [5, 5.41) is 9.71. The number of aryl methyl sites for hydroxylation is 1. The van der Waals surface area contributed by atoms with Gasteiger partial charge in [0.15, 0.2) is 4.90 Å². The lowest BCUT2D eigenvalue weighted by Gasteiger charge is -2.35. The van der Waals surface area contributed by atoms with Gasteiger partial charge in [-0.25, -0.2) is 13.2 Å². The van der Waals surface area contributed by atoms with Crippen molar-refractivity contribution in [3.05, 3.63) is 57.1 Å². The largest absolute Gasteiger partial charge is 0.394 e. The van der Waals surface area contributed by atoms with Crippen LogP contribution >= 0.6 is 0 Å². The number of aliphatic hydroxyl groups excluding tert-OH is 1. The lowest BCUT2D eigenvalue weighted by Crippen LogP contribution is -2.51.